The van der Waals surface area contributed by atoms with Crippen LogP contribution in [-0.2, 0) is 13.0 Å². The number of benzene rings is 1. The molecule has 1 aliphatic heterocycles. The highest BCUT2D eigenvalue weighted by Crippen LogP contribution is 2.29. The molecule has 0 saturated carbocycles. The minimum atomic E-state index is 0.286. The van der Waals surface area contributed by atoms with Crippen LogP contribution in [0.5, 0.6) is 0 Å². The summed E-state index contributed by atoms with van der Waals surface area (Å²) in [6.45, 7) is 7.37. The second kappa shape index (κ2) is 4.49. The van der Waals surface area contributed by atoms with Crippen LogP contribution in [0, 0.1) is 20.8 Å². The molecule has 3 rings (SSSR count). The molecule has 0 aliphatic carbocycles. The van der Waals surface area contributed by atoms with Gasteiger partial charge in [0, 0.05) is 30.3 Å². The summed E-state index contributed by atoms with van der Waals surface area (Å²) >= 11 is 0. The van der Waals surface area contributed by atoms with Gasteiger partial charge >= 0.3 is 0 Å². The lowest BCUT2D eigenvalue weighted by Gasteiger charge is -2.22. The molecule has 19 heavy (non-hydrogen) atoms. The molecule has 3 heteroatoms. The summed E-state index contributed by atoms with van der Waals surface area (Å²) < 4.78 is 2.36. The molecule has 1 aromatic carbocycles. The first-order chi connectivity index (χ1) is 9.06. The van der Waals surface area contributed by atoms with Gasteiger partial charge in [-0.15, -0.1) is 0 Å². The molecule has 1 aliphatic rings. The van der Waals surface area contributed by atoms with Crippen molar-refractivity contribution in [3.8, 4) is 11.4 Å². The molecule has 0 fully saturated rings. The summed E-state index contributed by atoms with van der Waals surface area (Å²) in [6.07, 6.45) is 1.99. The molecule has 0 bridgehead atoms. The Kier molecular flexibility index (Phi) is 2.94. The average Bonchev–Trinajstić information content (AvgIpc) is 2.69. The molecule has 100 valence electrons. The van der Waals surface area contributed by atoms with E-state index in [2.05, 4.69) is 43.5 Å². The van der Waals surface area contributed by atoms with Gasteiger partial charge in [0.2, 0.25) is 0 Å². The molecule has 1 unspecified atom stereocenters. The summed E-state index contributed by atoms with van der Waals surface area (Å²) in [5.74, 6) is 1.11. The lowest BCUT2D eigenvalue weighted by Crippen LogP contribution is -2.31. The minimum Gasteiger partial charge on any atom is -0.328 e. The quantitative estimate of drug-likeness (QED) is 0.851. The number of hydrogen-bond donors (Lipinski definition) is 1. The third-order valence-corrected chi connectivity index (χ3v) is 4.09. The smallest absolute Gasteiger partial charge is 0.140 e. The summed E-state index contributed by atoms with van der Waals surface area (Å²) in [5, 5.41) is 0. The first kappa shape index (κ1) is 12.4. The standard InChI is InChI=1S/C16H21N3/c1-10-4-5-11(2)14(8-10)16-18-12(3)15-9-13(17)6-7-19(15)16/h4-5,8,13H,6-7,9,17H2,1-3H3. The van der Waals surface area contributed by atoms with Crippen molar-refractivity contribution in [1.29, 1.82) is 0 Å². The zero-order valence-corrected chi connectivity index (χ0v) is 11.9. The largest absolute Gasteiger partial charge is 0.328 e. The van der Waals surface area contributed by atoms with Crippen LogP contribution in [0.2, 0.25) is 0 Å². The lowest BCUT2D eigenvalue weighted by molar-refractivity contribution is 0.473. The number of hydrogen-bond acceptors (Lipinski definition) is 2. The maximum atomic E-state index is 6.08. The van der Waals surface area contributed by atoms with Crippen LogP contribution in [0.15, 0.2) is 18.2 Å². The van der Waals surface area contributed by atoms with E-state index in [0.717, 1.165) is 30.9 Å². The van der Waals surface area contributed by atoms with E-state index < -0.39 is 0 Å². The highest BCUT2D eigenvalue weighted by atomic mass is 15.1. The molecule has 1 aromatic heterocycles. The molecule has 2 N–H and O–H groups in total. The van der Waals surface area contributed by atoms with Crippen LogP contribution in [0.1, 0.15) is 28.9 Å². The first-order valence-electron chi connectivity index (χ1n) is 6.95. The van der Waals surface area contributed by atoms with Gasteiger partial charge in [-0.2, -0.15) is 0 Å². The van der Waals surface area contributed by atoms with Gasteiger partial charge in [0.25, 0.3) is 0 Å². The zero-order chi connectivity index (χ0) is 13.6. The summed E-state index contributed by atoms with van der Waals surface area (Å²) in [7, 11) is 0. The van der Waals surface area contributed by atoms with Crippen molar-refractivity contribution >= 4 is 0 Å². The third kappa shape index (κ3) is 2.08. The van der Waals surface area contributed by atoms with Crippen LogP contribution in [0.4, 0.5) is 0 Å². The van der Waals surface area contributed by atoms with E-state index in [1.807, 2.05) is 0 Å². The monoisotopic (exact) mass is 255 g/mol. The Labute approximate surface area is 114 Å². The first-order valence-corrected chi connectivity index (χ1v) is 6.95. The van der Waals surface area contributed by atoms with Crippen molar-refractivity contribution in [2.45, 2.75) is 46.2 Å². The van der Waals surface area contributed by atoms with Gasteiger partial charge in [-0.1, -0.05) is 17.7 Å². The summed E-state index contributed by atoms with van der Waals surface area (Å²) in [4.78, 5) is 4.81. The number of imidazole rings is 1. The van der Waals surface area contributed by atoms with Crippen LogP contribution in [-0.4, -0.2) is 15.6 Å². The summed E-state index contributed by atoms with van der Waals surface area (Å²) in [6, 6.07) is 6.85. The van der Waals surface area contributed by atoms with Crippen LogP contribution < -0.4 is 5.73 Å². The van der Waals surface area contributed by atoms with Crippen molar-refractivity contribution in [1.82, 2.24) is 9.55 Å². The molecule has 0 saturated heterocycles. The average molecular weight is 255 g/mol. The molecular formula is C16H21N3. The maximum Gasteiger partial charge on any atom is 0.140 e. The SMILES string of the molecule is Cc1ccc(C)c(-c2nc(C)c3n2CCC(N)C3)c1. The van der Waals surface area contributed by atoms with Gasteiger partial charge in [0.1, 0.15) is 5.82 Å². The van der Waals surface area contributed by atoms with Gasteiger partial charge in [0.15, 0.2) is 0 Å². The third-order valence-electron chi connectivity index (χ3n) is 4.09. The van der Waals surface area contributed by atoms with Crippen LogP contribution >= 0.6 is 0 Å². The van der Waals surface area contributed by atoms with E-state index in [9.17, 15) is 0 Å². The Balaban J connectivity index is 2.16. The van der Waals surface area contributed by atoms with Crippen LogP contribution in [0.3, 0.4) is 0 Å². The topological polar surface area (TPSA) is 43.8 Å². The van der Waals surface area contributed by atoms with E-state index in [0.29, 0.717) is 0 Å². The number of rotatable bonds is 1. The van der Waals surface area contributed by atoms with E-state index in [1.54, 1.807) is 0 Å². The number of nitrogens with zero attached hydrogens (tertiary/aromatic N) is 2. The zero-order valence-electron chi connectivity index (χ0n) is 11.9. The Bertz CT molecular complexity index is 625. The predicted octanol–water partition coefficient (Wildman–Crippen LogP) is 2.75. The highest BCUT2D eigenvalue weighted by molar-refractivity contribution is 5.63. The lowest BCUT2D eigenvalue weighted by atomic mass is 10.0. The predicted molar refractivity (Wildman–Crippen MR) is 78.2 cm³/mol. The van der Waals surface area contributed by atoms with E-state index in [4.69, 9.17) is 10.7 Å². The fraction of sp³-hybridized carbons (Fsp3) is 0.438. The maximum absolute atomic E-state index is 6.08. The molecule has 0 spiro atoms. The minimum absolute atomic E-state index is 0.286. The van der Waals surface area contributed by atoms with Crippen LogP contribution in [0.25, 0.3) is 11.4 Å². The van der Waals surface area contributed by atoms with Gasteiger partial charge in [-0.25, -0.2) is 4.98 Å². The van der Waals surface area contributed by atoms with Gasteiger partial charge in [-0.05, 0) is 38.8 Å². The van der Waals surface area contributed by atoms with Crippen molar-refractivity contribution in [3.05, 3.63) is 40.7 Å². The second-order valence-electron chi connectivity index (χ2n) is 5.69. The fourth-order valence-corrected chi connectivity index (χ4v) is 2.93. The Morgan fingerprint density at radius 3 is 2.84 bits per heavy atom. The van der Waals surface area contributed by atoms with Gasteiger partial charge < -0.3 is 10.3 Å². The van der Waals surface area contributed by atoms with Crippen molar-refractivity contribution in [3.63, 3.8) is 0 Å². The number of aryl methyl sites for hydroxylation is 3. The number of aromatic nitrogens is 2. The second-order valence-corrected chi connectivity index (χ2v) is 5.69. The number of fused-ring (bicyclic) bond motifs is 1. The Morgan fingerprint density at radius 1 is 1.26 bits per heavy atom. The van der Waals surface area contributed by atoms with Gasteiger partial charge in [0.05, 0.1) is 5.69 Å². The normalized spacial score (nSPS) is 18.4. The van der Waals surface area contributed by atoms with Crippen molar-refractivity contribution < 1.29 is 0 Å². The summed E-state index contributed by atoms with van der Waals surface area (Å²) in [5.41, 5.74) is 12.3. The highest BCUT2D eigenvalue weighted by Gasteiger charge is 2.23. The van der Waals surface area contributed by atoms with E-state index in [1.165, 1.54) is 22.4 Å². The van der Waals surface area contributed by atoms with E-state index >= 15 is 0 Å². The molecular weight excluding hydrogens is 234 g/mol. The fourth-order valence-electron chi connectivity index (χ4n) is 2.93. The van der Waals surface area contributed by atoms with E-state index in [-0.39, 0.29) is 6.04 Å². The number of nitrogens with two attached hydrogens (primary N) is 1. The van der Waals surface area contributed by atoms with Crippen molar-refractivity contribution in [2.75, 3.05) is 0 Å². The Hall–Kier alpha value is -1.61. The van der Waals surface area contributed by atoms with Crippen molar-refractivity contribution in [2.24, 2.45) is 5.73 Å². The van der Waals surface area contributed by atoms with Gasteiger partial charge in [-0.3, -0.25) is 0 Å². The molecule has 1 atom stereocenters. The molecule has 2 aromatic rings. The Morgan fingerprint density at radius 2 is 2.05 bits per heavy atom. The molecule has 0 amide bonds. The molecule has 3 nitrogen and oxygen atoms in total. The molecule has 2 heterocycles. The molecule has 0 radical (unpaired) electrons.